The highest BCUT2D eigenvalue weighted by Crippen LogP contribution is 2.37. The molecule has 1 aliphatic heterocycles. The molecule has 1 saturated carbocycles. The summed E-state index contributed by atoms with van der Waals surface area (Å²) in [5.74, 6) is 0.343. The number of anilines is 1. The van der Waals surface area contributed by atoms with Gasteiger partial charge in [-0.25, -0.2) is 4.39 Å². The SMILES string of the molecule is O=C(CN1CC2CCC(O)C2C1)Nc1cccc(F)c1. The summed E-state index contributed by atoms with van der Waals surface area (Å²) in [6, 6.07) is 5.89. The summed E-state index contributed by atoms with van der Waals surface area (Å²) in [7, 11) is 0. The molecule has 1 amide bonds. The minimum absolute atomic E-state index is 0.134. The molecule has 108 valence electrons. The number of rotatable bonds is 3. The number of likely N-dealkylation sites (tertiary alicyclic amines) is 1. The fraction of sp³-hybridized carbons (Fsp3) is 0.533. The number of aliphatic hydroxyl groups is 1. The molecule has 2 N–H and O–H groups in total. The van der Waals surface area contributed by atoms with Crippen molar-refractivity contribution in [1.82, 2.24) is 4.90 Å². The lowest BCUT2D eigenvalue weighted by Crippen LogP contribution is -2.33. The van der Waals surface area contributed by atoms with E-state index >= 15 is 0 Å². The van der Waals surface area contributed by atoms with Crippen molar-refractivity contribution in [3.63, 3.8) is 0 Å². The number of hydrogen-bond acceptors (Lipinski definition) is 3. The Bertz CT molecular complexity index is 508. The first kappa shape index (κ1) is 13.5. The zero-order valence-corrected chi connectivity index (χ0v) is 11.3. The van der Waals surface area contributed by atoms with Crippen LogP contribution < -0.4 is 5.32 Å². The minimum Gasteiger partial charge on any atom is -0.393 e. The summed E-state index contributed by atoms with van der Waals surface area (Å²) in [5.41, 5.74) is 0.481. The van der Waals surface area contributed by atoms with Gasteiger partial charge >= 0.3 is 0 Å². The van der Waals surface area contributed by atoms with E-state index in [0.29, 0.717) is 24.1 Å². The highest BCUT2D eigenvalue weighted by atomic mass is 19.1. The van der Waals surface area contributed by atoms with Gasteiger partial charge in [0.25, 0.3) is 0 Å². The summed E-state index contributed by atoms with van der Waals surface area (Å²) >= 11 is 0. The molecule has 1 aliphatic carbocycles. The third kappa shape index (κ3) is 2.83. The first-order chi connectivity index (χ1) is 9.61. The molecule has 4 nitrogen and oxygen atoms in total. The number of amides is 1. The van der Waals surface area contributed by atoms with Crippen LogP contribution in [-0.2, 0) is 4.79 Å². The Morgan fingerprint density at radius 2 is 2.25 bits per heavy atom. The number of hydrogen-bond donors (Lipinski definition) is 2. The van der Waals surface area contributed by atoms with Crippen LogP contribution in [0.25, 0.3) is 0 Å². The second-order valence-electron chi connectivity index (χ2n) is 5.82. The molecule has 1 aromatic rings. The zero-order valence-electron chi connectivity index (χ0n) is 11.3. The lowest BCUT2D eigenvalue weighted by molar-refractivity contribution is -0.117. The predicted molar refractivity (Wildman–Crippen MR) is 73.7 cm³/mol. The number of fused-ring (bicyclic) bond motifs is 1. The third-order valence-electron chi connectivity index (χ3n) is 4.37. The molecule has 2 aliphatic rings. The molecule has 3 rings (SSSR count). The van der Waals surface area contributed by atoms with Crippen LogP contribution in [0.5, 0.6) is 0 Å². The smallest absolute Gasteiger partial charge is 0.238 e. The van der Waals surface area contributed by atoms with E-state index in [2.05, 4.69) is 10.2 Å². The van der Waals surface area contributed by atoms with E-state index in [1.807, 2.05) is 0 Å². The van der Waals surface area contributed by atoms with Gasteiger partial charge in [-0.2, -0.15) is 0 Å². The van der Waals surface area contributed by atoms with Crippen molar-refractivity contribution in [2.45, 2.75) is 18.9 Å². The summed E-state index contributed by atoms with van der Waals surface area (Å²) in [6.45, 7) is 1.96. The standard InChI is InChI=1S/C15H19FN2O2/c16-11-2-1-3-12(6-11)17-15(20)9-18-7-10-4-5-14(19)13(10)8-18/h1-3,6,10,13-14,19H,4-5,7-9H2,(H,17,20). The largest absolute Gasteiger partial charge is 0.393 e. The highest BCUT2D eigenvalue weighted by Gasteiger charge is 2.41. The molecule has 0 radical (unpaired) electrons. The Kier molecular flexibility index (Phi) is 3.72. The van der Waals surface area contributed by atoms with Gasteiger partial charge in [-0.1, -0.05) is 6.07 Å². The molecule has 1 heterocycles. The van der Waals surface area contributed by atoms with E-state index in [9.17, 15) is 14.3 Å². The van der Waals surface area contributed by atoms with Gasteiger partial charge in [0.1, 0.15) is 5.82 Å². The van der Waals surface area contributed by atoms with Crippen LogP contribution in [0, 0.1) is 17.7 Å². The molecule has 1 aromatic carbocycles. The van der Waals surface area contributed by atoms with Crippen molar-refractivity contribution in [2.24, 2.45) is 11.8 Å². The average molecular weight is 278 g/mol. The van der Waals surface area contributed by atoms with Crippen molar-refractivity contribution in [1.29, 1.82) is 0 Å². The van der Waals surface area contributed by atoms with Gasteiger partial charge in [0, 0.05) is 24.7 Å². The van der Waals surface area contributed by atoms with E-state index < -0.39 is 0 Å². The Hall–Kier alpha value is -1.46. The van der Waals surface area contributed by atoms with Gasteiger partial charge in [-0.15, -0.1) is 0 Å². The quantitative estimate of drug-likeness (QED) is 0.880. The number of carbonyl (C=O) groups excluding carboxylic acids is 1. The van der Waals surface area contributed by atoms with Gasteiger partial charge in [0.15, 0.2) is 0 Å². The number of carbonyl (C=O) groups is 1. The van der Waals surface area contributed by atoms with Crippen LogP contribution >= 0.6 is 0 Å². The minimum atomic E-state index is -0.360. The number of aliphatic hydroxyl groups excluding tert-OH is 1. The van der Waals surface area contributed by atoms with Crippen molar-refractivity contribution < 1.29 is 14.3 Å². The van der Waals surface area contributed by atoms with Crippen LogP contribution in [0.3, 0.4) is 0 Å². The average Bonchev–Trinajstić information content (AvgIpc) is 2.92. The Morgan fingerprint density at radius 3 is 3.00 bits per heavy atom. The van der Waals surface area contributed by atoms with E-state index in [1.165, 1.54) is 12.1 Å². The first-order valence-electron chi connectivity index (χ1n) is 7.07. The van der Waals surface area contributed by atoms with Gasteiger partial charge < -0.3 is 10.4 Å². The van der Waals surface area contributed by atoms with E-state index in [4.69, 9.17) is 0 Å². The maximum Gasteiger partial charge on any atom is 0.238 e. The van der Waals surface area contributed by atoms with Crippen LogP contribution in [0.15, 0.2) is 24.3 Å². The van der Waals surface area contributed by atoms with Gasteiger partial charge in [-0.05, 0) is 37.0 Å². The van der Waals surface area contributed by atoms with Crippen LogP contribution in [0.2, 0.25) is 0 Å². The molecule has 0 spiro atoms. The van der Waals surface area contributed by atoms with Gasteiger partial charge in [0.2, 0.25) is 5.91 Å². The fourth-order valence-corrected chi connectivity index (χ4v) is 3.43. The second-order valence-corrected chi connectivity index (χ2v) is 5.82. The Morgan fingerprint density at radius 1 is 1.40 bits per heavy atom. The van der Waals surface area contributed by atoms with Crippen molar-refractivity contribution in [3.05, 3.63) is 30.1 Å². The van der Waals surface area contributed by atoms with E-state index in [0.717, 1.165) is 25.9 Å². The molecule has 0 bridgehead atoms. The van der Waals surface area contributed by atoms with Gasteiger partial charge in [0.05, 0.1) is 12.6 Å². The van der Waals surface area contributed by atoms with Crippen molar-refractivity contribution in [3.8, 4) is 0 Å². The predicted octanol–water partition coefficient (Wildman–Crippen LogP) is 1.47. The number of nitrogens with zero attached hydrogens (tertiary/aromatic N) is 1. The maximum atomic E-state index is 13.0. The number of benzene rings is 1. The highest BCUT2D eigenvalue weighted by molar-refractivity contribution is 5.92. The summed E-state index contributed by atoms with van der Waals surface area (Å²) in [6.07, 6.45) is 1.73. The van der Waals surface area contributed by atoms with Crippen LogP contribution in [-0.4, -0.2) is 41.7 Å². The Balaban J connectivity index is 1.53. The third-order valence-corrected chi connectivity index (χ3v) is 4.37. The van der Waals surface area contributed by atoms with Crippen LogP contribution in [0.1, 0.15) is 12.8 Å². The topological polar surface area (TPSA) is 52.6 Å². The zero-order chi connectivity index (χ0) is 14.1. The first-order valence-corrected chi connectivity index (χ1v) is 7.07. The summed E-state index contributed by atoms with van der Waals surface area (Å²) in [4.78, 5) is 14.0. The molecular formula is C15H19FN2O2. The molecule has 0 aromatic heterocycles. The van der Waals surface area contributed by atoms with Crippen molar-refractivity contribution >= 4 is 11.6 Å². The normalized spacial score (nSPS) is 29.4. The Labute approximate surface area is 117 Å². The molecule has 5 heteroatoms. The fourth-order valence-electron chi connectivity index (χ4n) is 3.43. The van der Waals surface area contributed by atoms with Gasteiger partial charge in [-0.3, -0.25) is 9.69 Å². The van der Waals surface area contributed by atoms with E-state index in [1.54, 1.807) is 12.1 Å². The molecule has 1 saturated heterocycles. The van der Waals surface area contributed by atoms with Crippen molar-refractivity contribution in [2.75, 3.05) is 25.0 Å². The second kappa shape index (κ2) is 5.50. The molecule has 3 atom stereocenters. The lowest BCUT2D eigenvalue weighted by atomic mass is 10.00. The lowest BCUT2D eigenvalue weighted by Gasteiger charge is -2.17. The summed E-state index contributed by atoms with van der Waals surface area (Å²) in [5, 5.41) is 12.6. The number of nitrogens with one attached hydrogen (secondary N) is 1. The molecule has 3 unspecified atom stereocenters. The number of halogens is 1. The molecule has 2 fully saturated rings. The maximum absolute atomic E-state index is 13.0. The van der Waals surface area contributed by atoms with Crippen LogP contribution in [0.4, 0.5) is 10.1 Å². The molecular weight excluding hydrogens is 259 g/mol. The monoisotopic (exact) mass is 278 g/mol. The van der Waals surface area contributed by atoms with E-state index in [-0.39, 0.29) is 17.8 Å². The summed E-state index contributed by atoms with van der Waals surface area (Å²) < 4.78 is 13.0. The molecule has 20 heavy (non-hydrogen) atoms.